The van der Waals surface area contributed by atoms with Crippen LogP contribution in [0, 0.1) is 0 Å². The zero-order valence-electron chi connectivity index (χ0n) is 7.45. The van der Waals surface area contributed by atoms with Crippen molar-refractivity contribution < 1.29 is 9.90 Å². The van der Waals surface area contributed by atoms with Gasteiger partial charge in [-0.3, -0.25) is 14.7 Å². The number of aromatic nitrogens is 2. The summed E-state index contributed by atoms with van der Waals surface area (Å²) < 4.78 is 1.17. The molecule has 0 bridgehead atoms. The molecule has 0 atom stereocenters. The number of aliphatic carboxylic acids is 1. The predicted molar refractivity (Wildman–Crippen MR) is 52.6 cm³/mol. The minimum Gasteiger partial charge on any atom is -0.480 e. The molecule has 0 spiro atoms. The lowest BCUT2D eigenvalue weighted by Crippen LogP contribution is -2.23. The number of carboxylic acids is 1. The number of aromatic amines is 1. The minimum absolute atomic E-state index is 0.178. The second kappa shape index (κ2) is 3.53. The van der Waals surface area contributed by atoms with Gasteiger partial charge in [0.1, 0.15) is 6.54 Å². The van der Waals surface area contributed by atoms with Crippen molar-refractivity contribution in [3.63, 3.8) is 0 Å². The first-order chi connectivity index (χ1) is 6.68. The number of thioether (sulfide) groups is 1. The fourth-order valence-corrected chi connectivity index (χ4v) is 2.48. The van der Waals surface area contributed by atoms with E-state index in [9.17, 15) is 9.59 Å². The molecule has 2 rings (SSSR count). The first-order valence-electron chi connectivity index (χ1n) is 4.28. The maximum Gasteiger partial charge on any atom is 0.325 e. The molecule has 0 fully saturated rings. The first kappa shape index (κ1) is 9.39. The molecule has 1 aromatic rings. The molecule has 0 amide bonds. The van der Waals surface area contributed by atoms with Gasteiger partial charge < -0.3 is 5.11 Å². The summed E-state index contributed by atoms with van der Waals surface area (Å²) >= 11 is 1.75. The third-order valence-corrected chi connectivity index (χ3v) is 3.16. The molecule has 5 nitrogen and oxygen atoms in total. The van der Waals surface area contributed by atoms with E-state index in [-0.39, 0.29) is 12.1 Å². The highest BCUT2D eigenvalue weighted by Gasteiger charge is 2.18. The summed E-state index contributed by atoms with van der Waals surface area (Å²) in [5.41, 5.74) is 1.46. The van der Waals surface area contributed by atoms with E-state index in [0.29, 0.717) is 0 Å². The maximum absolute atomic E-state index is 11.6. The standard InChI is InChI=1S/C8H10N2O3S/c11-7(12)3-10-8(13)5-1-2-14-4-6(5)9-10/h9H,1-4H2,(H,11,12). The Balaban J connectivity index is 2.38. The van der Waals surface area contributed by atoms with Gasteiger partial charge in [0.05, 0.1) is 5.69 Å². The van der Waals surface area contributed by atoms with Gasteiger partial charge in [-0.05, 0) is 12.2 Å². The lowest BCUT2D eigenvalue weighted by atomic mass is 10.2. The summed E-state index contributed by atoms with van der Waals surface area (Å²) in [5.74, 6) is 0.711. The normalized spacial score (nSPS) is 15.1. The maximum atomic E-state index is 11.6. The van der Waals surface area contributed by atoms with Gasteiger partial charge in [-0.1, -0.05) is 0 Å². The first-order valence-corrected chi connectivity index (χ1v) is 5.44. The lowest BCUT2D eigenvalue weighted by Gasteiger charge is -2.07. The van der Waals surface area contributed by atoms with Crippen LogP contribution in [0.3, 0.4) is 0 Å². The molecule has 0 unspecified atom stereocenters. The Kier molecular flexibility index (Phi) is 2.37. The molecule has 1 aliphatic rings. The van der Waals surface area contributed by atoms with Crippen molar-refractivity contribution in [2.75, 3.05) is 5.75 Å². The fraction of sp³-hybridized carbons (Fsp3) is 0.500. The van der Waals surface area contributed by atoms with Crippen molar-refractivity contribution >= 4 is 17.7 Å². The predicted octanol–water partition coefficient (Wildman–Crippen LogP) is 0.0503. The lowest BCUT2D eigenvalue weighted by molar-refractivity contribution is -0.137. The topological polar surface area (TPSA) is 75.1 Å². The van der Waals surface area contributed by atoms with Crippen molar-refractivity contribution in [1.29, 1.82) is 0 Å². The van der Waals surface area contributed by atoms with Gasteiger partial charge in [0, 0.05) is 11.3 Å². The summed E-state index contributed by atoms with van der Waals surface area (Å²) in [5, 5.41) is 11.4. The average molecular weight is 214 g/mol. The van der Waals surface area contributed by atoms with Crippen molar-refractivity contribution in [2.24, 2.45) is 0 Å². The van der Waals surface area contributed by atoms with Gasteiger partial charge in [-0.15, -0.1) is 0 Å². The number of rotatable bonds is 2. The van der Waals surface area contributed by atoms with E-state index in [4.69, 9.17) is 5.11 Å². The number of hydrogen-bond donors (Lipinski definition) is 2. The summed E-state index contributed by atoms with van der Waals surface area (Å²) in [7, 11) is 0. The average Bonchev–Trinajstić information content (AvgIpc) is 2.44. The van der Waals surface area contributed by atoms with E-state index in [0.717, 1.165) is 29.2 Å². The number of carboxylic acid groups (broad SMARTS) is 1. The molecular formula is C8H10N2O3S. The second-order valence-electron chi connectivity index (χ2n) is 3.16. The summed E-state index contributed by atoms with van der Waals surface area (Å²) in [6.07, 6.45) is 0.738. The van der Waals surface area contributed by atoms with Crippen LogP contribution >= 0.6 is 11.8 Å². The molecular weight excluding hydrogens is 204 g/mol. The molecule has 0 aromatic carbocycles. The van der Waals surface area contributed by atoms with Crippen LogP contribution in [-0.2, 0) is 23.5 Å². The quantitative estimate of drug-likeness (QED) is 0.729. The minimum atomic E-state index is -1.00. The van der Waals surface area contributed by atoms with Gasteiger partial charge in [0.15, 0.2) is 0 Å². The monoisotopic (exact) mass is 214 g/mol. The molecule has 2 N–H and O–H groups in total. The summed E-state index contributed by atoms with van der Waals surface area (Å²) in [6.45, 7) is -0.281. The zero-order chi connectivity index (χ0) is 10.1. The van der Waals surface area contributed by atoms with Crippen LogP contribution in [0.4, 0.5) is 0 Å². The van der Waals surface area contributed by atoms with Crippen molar-refractivity contribution in [3.05, 3.63) is 21.6 Å². The van der Waals surface area contributed by atoms with Gasteiger partial charge in [-0.2, -0.15) is 11.8 Å². The molecule has 76 valence electrons. The van der Waals surface area contributed by atoms with E-state index < -0.39 is 5.97 Å². The van der Waals surface area contributed by atoms with Crippen LogP contribution in [0.5, 0.6) is 0 Å². The molecule has 1 aromatic heterocycles. The Hall–Kier alpha value is -1.17. The third kappa shape index (κ3) is 1.57. The number of nitrogens with one attached hydrogen (secondary N) is 1. The molecule has 0 saturated heterocycles. The highest BCUT2D eigenvalue weighted by atomic mass is 32.2. The van der Waals surface area contributed by atoms with Crippen molar-refractivity contribution in [2.45, 2.75) is 18.7 Å². The molecule has 1 aliphatic heterocycles. The number of fused-ring (bicyclic) bond motifs is 1. The van der Waals surface area contributed by atoms with E-state index in [1.807, 2.05) is 0 Å². The van der Waals surface area contributed by atoms with Crippen LogP contribution in [-0.4, -0.2) is 26.6 Å². The van der Waals surface area contributed by atoms with Crippen molar-refractivity contribution in [3.8, 4) is 0 Å². The van der Waals surface area contributed by atoms with Crippen LogP contribution in [0.15, 0.2) is 4.79 Å². The van der Waals surface area contributed by atoms with E-state index in [1.54, 1.807) is 11.8 Å². The zero-order valence-corrected chi connectivity index (χ0v) is 8.26. The SMILES string of the molecule is O=C(O)Cn1[nH]c2c(c1=O)CCSC2. The molecule has 0 aliphatic carbocycles. The van der Waals surface area contributed by atoms with E-state index in [2.05, 4.69) is 5.10 Å². The number of hydrogen-bond acceptors (Lipinski definition) is 3. The number of H-pyrrole nitrogens is 1. The smallest absolute Gasteiger partial charge is 0.325 e. The molecule has 0 saturated carbocycles. The van der Waals surface area contributed by atoms with Crippen LogP contribution in [0.2, 0.25) is 0 Å². The molecule has 6 heteroatoms. The Bertz CT molecular complexity index is 421. The van der Waals surface area contributed by atoms with Gasteiger partial charge in [-0.25, -0.2) is 4.68 Å². The Morgan fingerprint density at radius 1 is 1.64 bits per heavy atom. The Morgan fingerprint density at radius 2 is 2.43 bits per heavy atom. The van der Waals surface area contributed by atoms with E-state index in [1.165, 1.54) is 4.68 Å². The van der Waals surface area contributed by atoms with Crippen LogP contribution in [0.1, 0.15) is 11.3 Å². The van der Waals surface area contributed by atoms with Crippen molar-refractivity contribution in [1.82, 2.24) is 9.78 Å². The Labute approximate surface area is 84.1 Å². The van der Waals surface area contributed by atoms with Gasteiger partial charge in [0.2, 0.25) is 0 Å². The number of carbonyl (C=O) groups is 1. The van der Waals surface area contributed by atoms with Crippen LogP contribution < -0.4 is 5.56 Å². The highest BCUT2D eigenvalue weighted by molar-refractivity contribution is 7.98. The highest BCUT2D eigenvalue weighted by Crippen LogP contribution is 2.20. The molecule has 14 heavy (non-hydrogen) atoms. The number of nitrogens with zero attached hydrogens (tertiary/aromatic N) is 1. The molecule has 0 radical (unpaired) electrons. The fourth-order valence-electron chi connectivity index (χ4n) is 1.55. The molecule has 2 heterocycles. The largest absolute Gasteiger partial charge is 0.480 e. The Morgan fingerprint density at radius 3 is 3.07 bits per heavy atom. The summed E-state index contributed by atoms with van der Waals surface area (Å²) in [4.78, 5) is 22.1. The third-order valence-electron chi connectivity index (χ3n) is 2.17. The van der Waals surface area contributed by atoms with E-state index >= 15 is 0 Å². The summed E-state index contributed by atoms with van der Waals surface area (Å²) in [6, 6.07) is 0. The van der Waals surface area contributed by atoms with Gasteiger partial charge in [0.25, 0.3) is 5.56 Å². The van der Waals surface area contributed by atoms with Gasteiger partial charge >= 0.3 is 5.97 Å². The second-order valence-corrected chi connectivity index (χ2v) is 4.26. The van der Waals surface area contributed by atoms with Crippen LogP contribution in [0.25, 0.3) is 0 Å².